The zero-order valence-electron chi connectivity index (χ0n) is 16.8. The van der Waals surface area contributed by atoms with Crippen LogP contribution in [0.5, 0.6) is 0 Å². The monoisotopic (exact) mass is 415 g/mol. The van der Waals surface area contributed by atoms with Crippen LogP contribution < -0.4 is 5.32 Å². The molecular formula is C24H27F2NO3. The molecule has 1 atom stereocenters. The van der Waals surface area contributed by atoms with Gasteiger partial charge in [-0.3, -0.25) is 0 Å². The van der Waals surface area contributed by atoms with Gasteiger partial charge in [-0.15, -0.1) is 0 Å². The molecule has 2 N–H and O–H groups in total. The van der Waals surface area contributed by atoms with Gasteiger partial charge in [0.1, 0.15) is 6.61 Å². The molecule has 1 unspecified atom stereocenters. The first kappa shape index (κ1) is 20.8. The number of carbonyl (C=O) groups is 1. The molecule has 2 aromatic carbocycles. The average Bonchev–Trinajstić information content (AvgIpc) is 3.06. The van der Waals surface area contributed by atoms with Gasteiger partial charge in [0.2, 0.25) is 5.92 Å². The number of halogens is 2. The van der Waals surface area contributed by atoms with Crippen molar-refractivity contribution in [1.82, 2.24) is 5.32 Å². The Kier molecular flexibility index (Phi) is 6.04. The first-order valence-electron chi connectivity index (χ1n) is 10.6. The molecule has 0 heterocycles. The van der Waals surface area contributed by atoms with E-state index in [2.05, 4.69) is 29.6 Å². The van der Waals surface area contributed by atoms with E-state index in [0.29, 0.717) is 19.3 Å². The second-order valence-electron chi connectivity index (χ2n) is 8.28. The number of amides is 1. The van der Waals surface area contributed by atoms with Gasteiger partial charge in [0.15, 0.2) is 0 Å². The third kappa shape index (κ3) is 4.33. The highest BCUT2D eigenvalue weighted by Crippen LogP contribution is 2.44. The van der Waals surface area contributed by atoms with Crippen LogP contribution in [0.4, 0.5) is 13.6 Å². The second-order valence-corrected chi connectivity index (χ2v) is 8.28. The van der Waals surface area contributed by atoms with Gasteiger partial charge in [-0.05, 0) is 47.4 Å². The molecule has 0 spiro atoms. The van der Waals surface area contributed by atoms with Crippen LogP contribution in [0.3, 0.4) is 0 Å². The number of nitrogens with one attached hydrogen (secondary N) is 1. The van der Waals surface area contributed by atoms with E-state index < -0.39 is 12.0 Å². The molecule has 1 saturated carbocycles. The molecule has 2 aliphatic rings. The smallest absolute Gasteiger partial charge is 0.407 e. The standard InChI is InChI=1S/C24H27F2NO3/c25-24(26)12-9-16(10-13-24)22(11-14-28)27-23(29)30-15-21-19-7-3-1-5-17(19)18-6-2-4-8-20(18)21/h1-8,16,21-22,28H,9-15H2,(H,27,29). The number of hydrogen-bond acceptors (Lipinski definition) is 3. The third-order valence-electron chi connectivity index (χ3n) is 6.42. The van der Waals surface area contributed by atoms with Crippen molar-refractivity contribution >= 4 is 6.09 Å². The van der Waals surface area contributed by atoms with Crippen LogP contribution in [-0.4, -0.2) is 36.4 Å². The summed E-state index contributed by atoms with van der Waals surface area (Å²) in [6, 6.07) is 15.9. The molecule has 0 bridgehead atoms. The van der Waals surface area contributed by atoms with Crippen molar-refractivity contribution in [2.24, 2.45) is 5.92 Å². The maximum atomic E-state index is 13.5. The minimum absolute atomic E-state index is 0.0344. The lowest BCUT2D eigenvalue weighted by Crippen LogP contribution is -2.44. The third-order valence-corrected chi connectivity index (χ3v) is 6.42. The summed E-state index contributed by atoms with van der Waals surface area (Å²) in [5, 5.41) is 12.2. The molecule has 0 radical (unpaired) electrons. The molecule has 0 aromatic heterocycles. The van der Waals surface area contributed by atoms with Crippen LogP contribution in [0.2, 0.25) is 0 Å². The van der Waals surface area contributed by atoms with Gasteiger partial charge in [0.25, 0.3) is 0 Å². The van der Waals surface area contributed by atoms with Crippen LogP contribution >= 0.6 is 0 Å². The van der Waals surface area contributed by atoms with Crippen LogP contribution in [0.1, 0.15) is 49.1 Å². The Balaban J connectivity index is 1.39. The highest BCUT2D eigenvalue weighted by Gasteiger charge is 2.38. The normalized spacial score (nSPS) is 19.0. The van der Waals surface area contributed by atoms with E-state index >= 15 is 0 Å². The Morgan fingerprint density at radius 1 is 1.07 bits per heavy atom. The summed E-state index contributed by atoms with van der Waals surface area (Å²) in [7, 11) is 0. The maximum Gasteiger partial charge on any atom is 0.407 e. The second kappa shape index (κ2) is 8.72. The summed E-state index contributed by atoms with van der Waals surface area (Å²) in [6.07, 6.45) is 0.0914. The highest BCUT2D eigenvalue weighted by molar-refractivity contribution is 5.79. The van der Waals surface area contributed by atoms with Gasteiger partial charge >= 0.3 is 6.09 Å². The fourth-order valence-electron chi connectivity index (χ4n) is 4.82. The lowest BCUT2D eigenvalue weighted by atomic mass is 9.81. The van der Waals surface area contributed by atoms with E-state index in [1.807, 2.05) is 24.3 Å². The number of ether oxygens (including phenoxy) is 1. The van der Waals surface area contributed by atoms with Gasteiger partial charge in [-0.2, -0.15) is 0 Å². The fraction of sp³-hybridized carbons (Fsp3) is 0.458. The number of alkyl carbamates (subject to hydrolysis) is 1. The number of rotatable bonds is 6. The van der Waals surface area contributed by atoms with Crippen molar-refractivity contribution < 1.29 is 23.4 Å². The lowest BCUT2D eigenvalue weighted by molar-refractivity contribution is -0.0500. The first-order chi connectivity index (χ1) is 14.5. The zero-order chi connectivity index (χ0) is 21.1. The average molecular weight is 415 g/mol. The SMILES string of the molecule is O=C(NC(CCO)C1CCC(F)(F)CC1)OCC1c2ccccc2-c2ccccc21. The summed E-state index contributed by atoms with van der Waals surface area (Å²) < 4.78 is 32.5. The summed E-state index contributed by atoms with van der Waals surface area (Å²) >= 11 is 0. The Morgan fingerprint density at radius 3 is 2.20 bits per heavy atom. The minimum Gasteiger partial charge on any atom is -0.449 e. The van der Waals surface area contributed by atoms with Gasteiger partial charge in [0, 0.05) is 31.4 Å². The van der Waals surface area contributed by atoms with Crippen molar-refractivity contribution in [3.8, 4) is 11.1 Å². The van der Waals surface area contributed by atoms with Crippen LogP contribution in [0.25, 0.3) is 11.1 Å². The van der Waals surface area contributed by atoms with Crippen molar-refractivity contribution in [2.75, 3.05) is 13.2 Å². The number of fused-ring (bicyclic) bond motifs is 3. The maximum absolute atomic E-state index is 13.5. The Bertz CT molecular complexity index is 846. The number of aliphatic hydroxyl groups excluding tert-OH is 1. The van der Waals surface area contributed by atoms with Crippen LogP contribution in [0.15, 0.2) is 48.5 Å². The lowest BCUT2D eigenvalue weighted by Gasteiger charge is -2.33. The molecule has 0 saturated heterocycles. The van der Waals surface area contributed by atoms with Gasteiger partial charge in [-0.1, -0.05) is 48.5 Å². The van der Waals surface area contributed by atoms with Crippen LogP contribution in [-0.2, 0) is 4.74 Å². The molecule has 30 heavy (non-hydrogen) atoms. The molecular weight excluding hydrogens is 388 g/mol. The van der Waals surface area contributed by atoms with Crippen LogP contribution in [0, 0.1) is 5.92 Å². The topological polar surface area (TPSA) is 58.6 Å². The minimum atomic E-state index is -2.62. The summed E-state index contributed by atoms with van der Waals surface area (Å²) in [4.78, 5) is 12.5. The molecule has 4 rings (SSSR count). The summed E-state index contributed by atoms with van der Waals surface area (Å²) in [6.45, 7) is 0.0929. The Hall–Kier alpha value is -2.47. The van der Waals surface area contributed by atoms with E-state index in [4.69, 9.17) is 4.74 Å². The van der Waals surface area contributed by atoms with Gasteiger partial charge in [-0.25, -0.2) is 13.6 Å². The van der Waals surface area contributed by atoms with E-state index in [-0.39, 0.29) is 43.9 Å². The largest absolute Gasteiger partial charge is 0.449 e. The van der Waals surface area contributed by atoms with E-state index in [1.165, 1.54) is 0 Å². The molecule has 2 aliphatic carbocycles. The van der Waals surface area contributed by atoms with Gasteiger partial charge in [0.05, 0.1) is 0 Å². The summed E-state index contributed by atoms with van der Waals surface area (Å²) in [5.74, 6) is -2.73. The van der Waals surface area contributed by atoms with E-state index in [0.717, 1.165) is 22.3 Å². The molecule has 160 valence electrons. The summed E-state index contributed by atoms with van der Waals surface area (Å²) in [5.41, 5.74) is 4.58. The Morgan fingerprint density at radius 2 is 1.63 bits per heavy atom. The van der Waals surface area contributed by atoms with E-state index in [1.54, 1.807) is 0 Å². The molecule has 4 nitrogen and oxygen atoms in total. The Labute approximate surface area is 175 Å². The quantitative estimate of drug-likeness (QED) is 0.690. The fourth-order valence-corrected chi connectivity index (χ4v) is 4.82. The number of benzene rings is 2. The number of aliphatic hydroxyl groups is 1. The van der Waals surface area contributed by atoms with E-state index in [9.17, 15) is 18.7 Å². The molecule has 0 aliphatic heterocycles. The van der Waals surface area contributed by atoms with Crippen molar-refractivity contribution in [3.05, 3.63) is 59.7 Å². The first-order valence-corrected chi connectivity index (χ1v) is 10.6. The molecule has 1 fully saturated rings. The number of carbonyl (C=O) groups excluding carboxylic acids is 1. The number of alkyl halides is 2. The number of hydrogen-bond donors (Lipinski definition) is 2. The predicted octanol–water partition coefficient (Wildman–Crippen LogP) is 5.10. The van der Waals surface area contributed by atoms with Crippen molar-refractivity contribution in [2.45, 2.75) is 50.0 Å². The highest BCUT2D eigenvalue weighted by atomic mass is 19.3. The predicted molar refractivity (Wildman–Crippen MR) is 111 cm³/mol. The molecule has 2 aromatic rings. The zero-order valence-corrected chi connectivity index (χ0v) is 16.8. The van der Waals surface area contributed by atoms with Crippen molar-refractivity contribution in [1.29, 1.82) is 0 Å². The molecule has 6 heteroatoms. The molecule has 1 amide bonds. The van der Waals surface area contributed by atoms with Crippen molar-refractivity contribution in [3.63, 3.8) is 0 Å². The van der Waals surface area contributed by atoms with Gasteiger partial charge < -0.3 is 15.2 Å².